The van der Waals surface area contributed by atoms with Crippen LogP contribution in [0.1, 0.15) is 76.4 Å². The highest BCUT2D eigenvalue weighted by atomic mass is 28.4. The van der Waals surface area contributed by atoms with Crippen molar-refractivity contribution in [2.45, 2.75) is 89.6 Å². The number of phenolic OH excluding ortho intramolecular Hbond substituents is 1. The van der Waals surface area contributed by atoms with E-state index in [1.165, 1.54) is 13.2 Å². The molecule has 2 aliphatic rings. The number of rotatable bonds is 7. The molecule has 1 spiro atoms. The van der Waals surface area contributed by atoms with Crippen LogP contribution in [0.25, 0.3) is 0 Å². The number of esters is 1. The molecule has 0 aromatic heterocycles. The van der Waals surface area contributed by atoms with E-state index in [-0.39, 0.29) is 39.9 Å². The Morgan fingerprint density at radius 3 is 2.24 bits per heavy atom. The minimum absolute atomic E-state index is 0.0532. The van der Waals surface area contributed by atoms with Crippen LogP contribution in [0.15, 0.2) is 18.0 Å². The fourth-order valence-corrected chi connectivity index (χ4v) is 11.4. The lowest BCUT2D eigenvalue weighted by molar-refractivity contribution is -0.152. The molecule has 0 saturated carbocycles. The van der Waals surface area contributed by atoms with E-state index in [1.807, 2.05) is 6.92 Å². The van der Waals surface area contributed by atoms with Crippen molar-refractivity contribution in [1.82, 2.24) is 0 Å². The molecule has 1 aromatic rings. The van der Waals surface area contributed by atoms with Gasteiger partial charge in [0.15, 0.2) is 17.2 Å². The van der Waals surface area contributed by atoms with E-state index < -0.39 is 37.6 Å². The van der Waals surface area contributed by atoms with E-state index in [1.54, 1.807) is 0 Å². The number of benzene rings is 1. The first-order valence-electron chi connectivity index (χ1n) is 11.6. The molecular weight excluding hydrogens is 443 g/mol. The summed E-state index contributed by atoms with van der Waals surface area (Å²) < 4.78 is 33.2. The van der Waals surface area contributed by atoms with Crippen LogP contribution in [0.5, 0.6) is 11.5 Å². The summed E-state index contributed by atoms with van der Waals surface area (Å²) in [6.45, 7) is 14.4. The monoisotopic (exact) mass is 478 g/mol. The van der Waals surface area contributed by atoms with Gasteiger partial charge in [0.1, 0.15) is 17.6 Å². The topological polar surface area (TPSA) is 82.1 Å². The van der Waals surface area contributed by atoms with Crippen LogP contribution in [-0.2, 0) is 26.0 Å². The SMILES string of the molecule is CCc1c(OC)cc2c(c1O)C(=O)C=C(F)[C@]21CC(O[Si](C(C)C)(C(C)C)C(C)C)C(=O)O1. The zero-order chi connectivity index (χ0) is 24.9. The number of carbonyl (C=O) groups excluding carboxylic acids is 2. The smallest absolute Gasteiger partial charge is 0.335 e. The van der Waals surface area contributed by atoms with Crippen LogP contribution >= 0.6 is 0 Å². The van der Waals surface area contributed by atoms with Crippen molar-refractivity contribution >= 4 is 20.1 Å². The lowest BCUT2D eigenvalue weighted by atomic mass is 9.78. The van der Waals surface area contributed by atoms with Crippen molar-refractivity contribution in [2.24, 2.45) is 0 Å². The maximum Gasteiger partial charge on any atom is 0.335 e. The molecule has 1 aliphatic heterocycles. The van der Waals surface area contributed by atoms with Gasteiger partial charge in [-0.05, 0) is 29.1 Å². The number of phenols is 1. The van der Waals surface area contributed by atoms with Crippen molar-refractivity contribution in [1.29, 1.82) is 0 Å². The Kier molecular flexibility index (Phi) is 6.84. The van der Waals surface area contributed by atoms with Gasteiger partial charge in [0.2, 0.25) is 8.32 Å². The third-order valence-electron chi connectivity index (χ3n) is 7.33. The lowest BCUT2D eigenvalue weighted by Crippen LogP contribution is -2.51. The second-order valence-corrected chi connectivity index (χ2v) is 15.3. The van der Waals surface area contributed by atoms with Crippen LogP contribution in [0.4, 0.5) is 4.39 Å². The number of ether oxygens (including phenoxy) is 2. The molecule has 0 bridgehead atoms. The molecule has 6 nitrogen and oxygen atoms in total. The van der Waals surface area contributed by atoms with E-state index in [2.05, 4.69) is 41.5 Å². The first-order valence-corrected chi connectivity index (χ1v) is 13.8. The second-order valence-electron chi connectivity index (χ2n) is 9.92. The number of ketones is 1. The van der Waals surface area contributed by atoms with Crippen molar-refractivity contribution in [2.75, 3.05) is 7.11 Å². The Labute approximate surface area is 196 Å². The maximum absolute atomic E-state index is 15.5. The molecule has 1 aliphatic carbocycles. The average Bonchev–Trinajstić information content (AvgIpc) is 3.05. The van der Waals surface area contributed by atoms with Crippen molar-refractivity contribution in [3.63, 3.8) is 0 Å². The summed E-state index contributed by atoms with van der Waals surface area (Å²) in [5.74, 6) is -2.15. The van der Waals surface area contributed by atoms with Gasteiger partial charge in [-0.25, -0.2) is 9.18 Å². The van der Waals surface area contributed by atoms with Crippen molar-refractivity contribution in [3.8, 4) is 11.5 Å². The molecule has 1 heterocycles. The van der Waals surface area contributed by atoms with E-state index in [0.29, 0.717) is 17.7 Å². The fourth-order valence-electron chi connectivity index (χ4n) is 5.89. The Balaban J connectivity index is 2.15. The van der Waals surface area contributed by atoms with Gasteiger partial charge < -0.3 is 19.0 Å². The van der Waals surface area contributed by atoms with Gasteiger partial charge in [-0.15, -0.1) is 0 Å². The summed E-state index contributed by atoms with van der Waals surface area (Å²) in [6.07, 6.45) is 0.138. The predicted octanol–water partition coefficient (Wildman–Crippen LogP) is 5.72. The lowest BCUT2D eigenvalue weighted by Gasteiger charge is -2.43. The Morgan fingerprint density at radius 1 is 1.18 bits per heavy atom. The molecular formula is C25H35FO6Si. The van der Waals surface area contributed by atoms with Crippen LogP contribution in [0.2, 0.25) is 16.6 Å². The number of aromatic hydroxyl groups is 1. The normalized spacial score (nSPS) is 22.9. The first kappa shape index (κ1) is 25.4. The van der Waals surface area contributed by atoms with Gasteiger partial charge in [0.05, 0.1) is 12.7 Å². The molecule has 3 rings (SSSR count). The largest absolute Gasteiger partial charge is 0.507 e. The quantitative estimate of drug-likeness (QED) is 0.399. The highest BCUT2D eigenvalue weighted by molar-refractivity contribution is 6.77. The zero-order valence-electron chi connectivity index (χ0n) is 20.7. The standard InChI is InChI=1S/C25H35FO6Si/c1-9-16-19(30-8)10-17-22(23(16)28)18(27)11-21(26)25(17)12-20(24(29)31-25)32-33(13(2)3,14(4)5)15(6)7/h10-11,13-15,20,28H,9,12H2,1-8H3/t20?,25-/m0/s1. The number of fused-ring (bicyclic) bond motifs is 2. The summed E-state index contributed by atoms with van der Waals surface area (Å²) in [4.78, 5) is 25.8. The summed E-state index contributed by atoms with van der Waals surface area (Å²) >= 11 is 0. The van der Waals surface area contributed by atoms with Gasteiger partial charge in [0.25, 0.3) is 0 Å². The Bertz CT molecular complexity index is 977. The molecule has 1 fully saturated rings. The van der Waals surface area contributed by atoms with E-state index in [4.69, 9.17) is 13.9 Å². The van der Waals surface area contributed by atoms with Crippen LogP contribution in [0.3, 0.4) is 0 Å². The van der Waals surface area contributed by atoms with E-state index in [9.17, 15) is 14.7 Å². The number of hydrogen-bond acceptors (Lipinski definition) is 6. The van der Waals surface area contributed by atoms with Crippen LogP contribution in [0, 0.1) is 0 Å². The van der Waals surface area contributed by atoms with E-state index in [0.717, 1.165) is 6.08 Å². The second kappa shape index (κ2) is 8.87. The third kappa shape index (κ3) is 3.71. The molecule has 1 N–H and O–H groups in total. The third-order valence-corrected chi connectivity index (χ3v) is 13.4. The van der Waals surface area contributed by atoms with Crippen LogP contribution in [-0.4, -0.2) is 38.4 Å². The highest BCUT2D eigenvalue weighted by Crippen LogP contribution is 2.53. The predicted molar refractivity (Wildman–Crippen MR) is 126 cm³/mol. The molecule has 1 aromatic carbocycles. The molecule has 182 valence electrons. The summed E-state index contributed by atoms with van der Waals surface area (Å²) in [5, 5.41) is 10.9. The number of carbonyl (C=O) groups is 2. The zero-order valence-corrected chi connectivity index (χ0v) is 21.7. The highest BCUT2D eigenvalue weighted by Gasteiger charge is 2.59. The molecule has 1 saturated heterocycles. The van der Waals surface area contributed by atoms with Crippen molar-refractivity contribution < 1.29 is 33.0 Å². The number of allylic oxidation sites excluding steroid dienone is 1. The fraction of sp³-hybridized carbons (Fsp3) is 0.600. The van der Waals surface area contributed by atoms with Gasteiger partial charge in [-0.3, -0.25) is 4.79 Å². The molecule has 2 atom stereocenters. The first-order chi connectivity index (χ1) is 15.4. The Morgan fingerprint density at radius 2 is 1.76 bits per heavy atom. The van der Waals surface area contributed by atoms with E-state index >= 15 is 4.39 Å². The average molecular weight is 479 g/mol. The minimum atomic E-state index is -2.47. The van der Waals surface area contributed by atoms with Gasteiger partial charge >= 0.3 is 5.97 Å². The molecule has 0 amide bonds. The molecule has 1 unspecified atom stereocenters. The molecule has 8 heteroatoms. The van der Waals surface area contributed by atoms with Crippen molar-refractivity contribution in [3.05, 3.63) is 34.7 Å². The summed E-state index contributed by atoms with van der Waals surface area (Å²) in [7, 11) is -1.03. The Hall–Kier alpha value is -2.19. The van der Waals surface area contributed by atoms with Crippen LogP contribution < -0.4 is 4.74 Å². The molecule has 0 radical (unpaired) electrons. The maximum atomic E-state index is 15.5. The molecule has 33 heavy (non-hydrogen) atoms. The van der Waals surface area contributed by atoms with Gasteiger partial charge in [0, 0.05) is 23.6 Å². The van der Waals surface area contributed by atoms with Gasteiger partial charge in [-0.2, -0.15) is 0 Å². The number of halogens is 1. The number of methoxy groups -OCH3 is 1. The summed E-state index contributed by atoms with van der Waals surface area (Å²) in [6, 6.07) is 1.51. The van der Waals surface area contributed by atoms with Gasteiger partial charge in [-0.1, -0.05) is 48.5 Å². The summed E-state index contributed by atoms with van der Waals surface area (Å²) in [5.41, 5.74) is -0.672. The number of hydrogen-bond donors (Lipinski definition) is 1. The minimum Gasteiger partial charge on any atom is -0.507 e.